The van der Waals surface area contributed by atoms with Crippen molar-refractivity contribution in [1.29, 1.82) is 0 Å². The second-order valence-corrected chi connectivity index (χ2v) is 13.7. The number of hydrogen-bond donors (Lipinski definition) is 1. The average Bonchev–Trinajstić information content (AvgIpc) is 2.68. The van der Waals surface area contributed by atoms with Gasteiger partial charge in [0.05, 0.1) is 5.56 Å². The maximum Gasteiger partial charge on any atom is 0.336 e. The molecule has 0 aromatic heterocycles. The van der Waals surface area contributed by atoms with Gasteiger partial charge in [0.2, 0.25) is 0 Å². The summed E-state index contributed by atoms with van der Waals surface area (Å²) in [5.41, 5.74) is 1.46. The van der Waals surface area contributed by atoms with Gasteiger partial charge in [0.1, 0.15) is 5.75 Å². The summed E-state index contributed by atoms with van der Waals surface area (Å²) in [4.78, 5) is 25.4. The van der Waals surface area contributed by atoms with E-state index in [-0.39, 0.29) is 21.9 Å². The molecule has 0 fully saturated rings. The Hall–Kier alpha value is -2.40. The Morgan fingerprint density at radius 2 is 1.67 bits per heavy atom. The number of carboxylic acids is 1. The van der Waals surface area contributed by atoms with Gasteiger partial charge in [0, 0.05) is 16.7 Å². The quantitative estimate of drug-likeness (QED) is 0.363. The molecule has 2 rings (SSSR count). The van der Waals surface area contributed by atoms with Crippen molar-refractivity contribution in [3.8, 4) is 5.75 Å². The van der Waals surface area contributed by atoms with Crippen LogP contribution in [0.15, 0.2) is 42.5 Å². The molecule has 0 saturated carbocycles. The molecule has 0 radical (unpaired) electrons. The summed E-state index contributed by atoms with van der Waals surface area (Å²) >= 11 is 0. The fraction of sp³-hybridized carbons (Fsp3) is 0.440. The van der Waals surface area contributed by atoms with E-state index in [1.54, 1.807) is 30.3 Å². The van der Waals surface area contributed by atoms with Crippen molar-refractivity contribution >= 4 is 20.1 Å². The molecular weight excluding hydrogens is 392 g/mol. The summed E-state index contributed by atoms with van der Waals surface area (Å²) in [6.45, 7) is 15.2. The van der Waals surface area contributed by atoms with Gasteiger partial charge in [-0.05, 0) is 42.6 Å². The third-order valence-corrected chi connectivity index (χ3v) is 11.0. The third-order valence-electron chi connectivity index (χ3n) is 6.62. The molecule has 0 aliphatic rings. The Bertz CT molecular complexity index is 914. The smallest absolute Gasteiger partial charge is 0.336 e. The van der Waals surface area contributed by atoms with Crippen LogP contribution >= 0.6 is 0 Å². The molecule has 0 bridgehead atoms. The van der Waals surface area contributed by atoms with E-state index in [9.17, 15) is 14.7 Å². The van der Waals surface area contributed by atoms with Crippen molar-refractivity contribution in [2.75, 3.05) is 0 Å². The van der Waals surface area contributed by atoms with Gasteiger partial charge < -0.3 is 9.53 Å². The number of hydrogen-bond acceptors (Lipinski definition) is 3. The minimum Gasteiger partial charge on any atom is -0.543 e. The molecule has 4 nitrogen and oxygen atoms in total. The predicted octanol–water partition coefficient (Wildman–Crippen LogP) is 6.59. The second kappa shape index (κ2) is 9.17. The van der Waals surface area contributed by atoms with Gasteiger partial charge in [0.15, 0.2) is 5.78 Å². The van der Waals surface area contributed by atoms with Crippen LogP contribution in [0.5, 0.6) is 5.75 Å². The number of carbonyl (C=O) groups is 2. The topological polar surface area (TPSA) is 63.6 Å². The summed E-state index contributed by atoms with van der Waals surface area (Å²) in [6, 6.07) is 12.1. The molecule has 162 valence electrons. The van der Waals surface area contributed by atoms with Gasteiger partial charge in [0.25, 0.3) is 8.32 Å². The van der Waals surface area contributed by atoms with E-state index >= 15 is 0 Å². The molecule has 0 unspecified atom stereocenters. The maximum atomic E-state index is 13.4. The summed E-state index contributed by atoms with van der Waals surface area (Å²) in [6.07, 6.45) is 1.36. The Balaban J connectivity index is 2.69. The molecule has 0 amide bonds. The van der Waals surface area contributed by atoms with Crippen molar-refractivity contribution in [3.63, 3.8) is 0 Å². The number of benzene rings is 2. The fourth-order valence-corrected chi connectivity index (χ4v) is 5.89. The molecule has 0 aliphatic carbocycles. The van der Waals surface area contributed by atoms with E-state index in [4.69, 9.17) is 4.43 Å². The van der Waals surface area contributed by atoms with Crippen LogP contribution in [0.2, 0.25) is 18.1 Å². The van der Waals surface area contributed by atoms with Crippen LogP contribution in [0.4, 0.5) is 0 Å². The van der Waals surface area contributed by atoms with Crippen LogP contribution in [-0.2, 0) is 6.42 Å². The summed E-state index contributed by atoms with van der Waals surface area (Å²) in [5, 5.41) is 9.79. The highest BCUT2D eigenvalue weighted by atomic mass is 28.4. The SMILES string of the molecule is CCCc1c(O[Si](C)(C)C(C)(C)C(C)C)ccc(C(=O)O)c1C(=O)c1ccccc1. The van der Waals surface area contributed by atoms with Crippen LogP contribution in [0, 0.1) is 5.92 Å². The number of aromatic carboxylic acids is 1. The van der Waals surface area contributed by atoms with Crippen molar-refractivity contribution in [2.45, 2.75) is 65.6 Å². The van der Waals surface area contributed by atoms with Gasteiger partial charge >= 0.3 is 5.97 Å². The van der Waals surface area contributed by atoms with Gasteiger partial charge in [-0.15, -0.1) is 0 Å². The molecular formula is C25H34O4Si. The highest BCUT2D eigenvalue weighted by molar-refractivity contribution is 6.75. The Kier molecular flexibility index (Phi) is 7.30. The zero-order valence-electron chi connectivity index (χ0n) is 19.2. The van der Waals surface area contributed by atoms with E-state index in [2.05, 4.69) is 40.8 Å². The van der Waals surface area contributed by atoms with Gasteiger partial charge in [-0.2, -0.15) is 0 Å². The van der Waals surface area contributed by atoms with E-state index < -0.39 is 14.3 Å². The lowest BCUT2D eigenvalue weighted by atomic mass is 9.91. The molecule has 2 aromatic rings. The first-order chi connectivity index (χ1) is 13.9. The number of ketones is 1. The molecule has 0 saturated heterocycles. The zero-order valence-corrected chi connectivity index (χ0v) is 20.2. The first-order valence-electron chi connectivity index (χ1n) is 10.6. The number of carbonyl (C=O) groups excluding carboxylic acids is 1. The fourth-order valence-electron chi connectivity index (χ4n) is 3.50. The molecule has 2 aromatic carbocycles. The molecule has 0 atom stereocenters. The van der Waals surface area contributed by atoms with E-state index in [0.29, 0.717) is 29.2 Å². The summed E-state index contributed by atoms with van der Waals surface area (Å²) < 4.78 is 6.67. The molecule has 30 heavy (non-hydrogen) atoms. The lowest BCUT2D eigenvalue weighted by Crippen LogP contribution is -2.48. The second-order valence-electron chi connectivity index (χ2n) is 9.20. The Labute approximate surface area is 181 Å². The molecule has 0 heterocycles. The minimum atomic E-state index is -2.24. The summed E-state index contributed by atoms with van der Waals surface area (Å²) in [5.74, 6) is -0.300. The van der Waals surface area contributed by atoms with Crippen LogP contribution in [-0.4, -0.2) is 25.2 Å². The number of rotatable bonds is 9. The lowest BCUT2D eigenvalue weighted by molar-refractivity contribution is 0.0692. The van der Waals surface area contributed by atoms with Crippen LogP contribution < -0.4 is 4.43 Å². The van der Waals surface area contributed by atoms with Gasteiger partial charge in [-0.25, -0.2) is 4.79 Å². The number of carboxylic acid groups (broad SMARTS) is 1. The normalized spacial score (nSPS) is 12.1. The van der Waals surface area contributed by atoms with Crippen molar-refractivity contribution in [1.82, 2.24) is 0 Å². The standard InChI is InChI=1S/C25H34O4Si/c1-8-12-19-21(29-30(6,7)25(4,5)17(2)3)16-15-20(24(27)28)22(19)23(26)18-13-10-9-11-14-18/h9-11,13-17H,8,12H2,1-7H3,(H,27,28). The largest absolute Gasteiger partial charge is 0.543 e. The lowest BCUT2D eigenvalue weighted by Gasteiger charge is -2.43. The first-order valence-corrected chi connectivity index (χ1v) is 13.5. The Morgan fingerprint density at radius 1 is 1.07 bits per heavy atom. The summed E-state index contributed by atoms with van der Waals surface area (Å²) in [7, 11) is -2.24. The Morgan fingerprint density at radius 3 is 2.17 bits per heavy atom. The molecule has 0 aliphatic heterocycles. The van der Waals surface area contributed by atoms with Crippen molar-refractivity contribution < 1.29 is 19.1 Å². The van der Waals surface area contributed by atoms with Crippen LogP contribution in [0.3, 0.4) is 0 Å². The highest BCUT2D eigenvalue weighted by Crippen LogP contribution is 2.45. The molecule has 1 N–H and O–H groups in total. The highest BCUT2D eigenvalue weighted by Gasteiger charge is 2.45. The zero-order chi connectivity index (χ0) is 22.7. The molecule has 0 spiro atoms. The monoisotopic (exact) mass is 426 g/mol. The minimum absolute atomic E-state index is 0.00838. The van der Waals surface area contributed by atoms with Crippen molar-refractivity contribution in [2.24, 2.45) is 5.92 Å². The maximum absolute atomic E-state index is 13.4. The van der Waals surface area contributed by atoms with E-state index in [0.717, 1.165) is 6.42 Å². The molecule has 5 heteroatoms. The third kappa shape index (κ3) is 4.67. The van der Waals surface area contributed by atoms with Gasteiger partial charge in [-0.1, -0.05) is 71.4 Å². The first kappa shape index (κ1) is 23.9. The average molecular weight is 427 g/mol. The van der Waals surface area contributed by atoms with Crippen molar-refractivity contribution in [3.05, 3.63) is 64.7 Å². The predicted molar refractivity (Wildman–Crippen MR) is 124 cm³/mol. The van der Waals surface area contributed by atoms with E-state index in [1.807, 2.05) is 13.0 Å². The van der Waals surface area contributed by atoms with Crippen LogP contribution in [0.1, 0.15) is 72.9 Å². The van der Waals surface area contributed by atoms with Gasteiger partial charge in [-0.3, -0.25) is 4.79 Å². The van der Waals surface area contributed by atoms with E-state index in [1.165, 1.54) is 6.07 Å². The van der Waals surface area contributed by atoms with Crippen LogP contribution in [0.25, 0.3) is 0 Å².